The Balaban J connectivity index is 2.29. The maximum atomic E-state index is 12.5. The number of nitrogens with zero attached hydrogens (tertiary/aromatic N) is 2. The van der Waals surface area contributed by atoms with E-state index in [0.717, 1.165) is 16.5 Å². The number of hydrogen-bond acceptors (Lipinski definition) is 3. The number of amides is 2. The summed E-state index contributed by atoms with van der Waals surface area (Å²) < 4.78 is 0.863. The maximum Gasteiger partial charge on any atom is 0.245 e. The van der Waals surface area contributed by atoms with Crippen molar-refractivity contribution in [1.29, 1.82) is 0 Å². The molecule has 2 heterocycles. The molecule has 0 aliphatic carbocycles. The van der Waals surface area contributed by atoms with Gasteiger partial charge < -0.3 is 10.2 Å². The third kappa shape index (κ3) is 3.43. The number of piperazine rings is 1. The van der Waals surface area contributed by atoms with Crippen molar-refractivity contribution in [2.45, 2.75) is 45.8 Å². The lowest BCUT2D eigenvalue weighted by Gasteiger charge is -2.40. The summed E-state index contributed by atoms with van der Waals surface area (Å²) in [4.78, 5) is 30.6. The first-order chi connectivity index (χ1) is 9.93. The number of carbonyl (C=O) groups excluding carboxylic acids is 2. The van der Waals surface area contributed by atoms with Gasteiger partial charge in [0.25, 0.3) is 0 Å². The quantitative estimate of drug-likeness (QED) is 0.901. The van der Waals surface area contributed by atoms with Crippen LogP contribution in [0.25, 0.3) is 0 Å². The Morgan fingerprint density at radius 3 is 2.76 bits per heavy atom. The Kier molecular flexibility index (Phi) is 4.98. The van der Waals surface area contributed by atoms with E-state index in [2.05, 4.69) is 26.2 Å². The fraction of sp³-hybridized carbons (Fsp3) is 0.533. The van der Waals surface area contributed by atoms with E-state index in [1.807, 2.05) is 19.9 Å². The van der Waals surface area contributed by atoms with Crippen LogP contribution in [0.15, 0.2) is 22.9 Å². The second-order valence-electron chi connectivity index (χ2n) is 5.54. The average molecular weight is 354 g/mol. The molecule has 0 saturated carbocycles. The number of aromatic nitrogens is 1. The highest BCUT2D eigenvalue weighted by Gasteiger charge is 2.40. The molecule has 6 heteroatoms. The fourth-order valence-electron chi connectivity index (χ4n) is 2.59. The molecule has 5 nitrogen and oxygen atoms in total. The molecule has 1 saturated heterocycles. The molecule has 1 fully saturated rings. The topological polar surface area (TPSA) is 62.3 Å². The summed E-state index contributed by atoms with van der Waals surface area (Å²) in [7, 11) is 0. The molecule has 114 valence electrons. The van der Waals surface area contributed by atoms with Gasteiger partial charge in [0.05, 0.1) is 0 Å². The van der Waals surface area contributed by atoms with Crippen LogP contribution in [0.1, 0.15) is 32.8 Å². The van der Waals surface area contributed by atoms with Gasteiger partial charge in [0.15, 0.2) is 0 Å². The van der Waals surface area contributed by atoms with E-state index in [4.69, 9.17) is 0 Å². The Morgan fingerprint density at radius 2 is 2.14 bits per heavy atom. The van der Waals surface area contributed by atoms with Crippen molar-refractivity contribution in [1.82, 2.24) is 15.2 Å². The van der Waals surface area contributed by atoms with Crippen LogP contribution in [0.3, 0.4) is 0 Å². The standard InChI is InChI=1S/C15H20BrN3O2/c1-4-9(2)13-14(20)18-10(3)15(21)19(13)8-11-5-12(16)7-17-6-11/h5-7,9-10,13H,4,8H2,1-3H3,(H,18,20). The highest BCUT2D eigenvalue weighted by Crippen LogP contribution is 2.23. The van der Waals surface area contributed by atoms with Crippen LogP contribution in [-0.2, 0) is 16.1 Å². The maximum absolute atomic E-state index is 12.5. The highest BCUT2D eigenvalue weighted by molar-refractivity contribution is 9.10. The van der Waals surface area contributed by atoms with E-state index >= 15 is 0 Å². The van der Waals surface area contributed by atoms with E-state index in [1.165, 1.54) is 0 Å². The number of nitrogens with one attached hydrogen (secondary N) is 1. The van der Waals surface area contributed by atoms with E-state index in [-0.39, 0.29) is 17.7 Å². The summed E-state index contributed by atoms with van der Waals surface area (Å²) in [5, 5.41) is 2.77. The van der Waals surface area contributed by atoms with Crippen LogP contribution < -0.4 is 5.32 Å². The fourth-order valence-corrected chi connectivity index (χ4v) is 3.00. The molecule has 21 heavy (non-hydrogen) atoms. The number of hydrogen-bond donors (Lipinski definition) is 1. The molecule has 0 radical (unpaired) electrons. The minimum atomic E-state index is -0.474. The predicted octanol–water partition coefficient (Wildman–Crippen LogP) is 2.11. The summed E-state index contributed by atoms with van der Waals surface area (Å²) in [6.45, 7) is 6.15. The molecular weight excluding hydrogens is 334 g/mol. The zero-order valence-electron chi connectivity index (χ0n) is 12.5. The minimum absolute atomic E-state index is 0.0418. The van der Waals surface area contributed by atoms with Gasteiger partial charge in [-0.05, 0) is 40.4 Å². The summed E-state index contributed by atoms with van der Waals surface area (Å²) >= 11 is 3.38. The zero-order valence-corrected chi connectivity index (χ0v) is 14.1. The molecule has 1 aromatic rings. The molecule has 3 atom stereocenters. The predicted molar refractivity (Wildman–Crippen MR) is 83.3 cm³/mol. The molecule has 2 amide bonds. The van der Waals surface area contributed by atoms with Gasteiger partial charge in [-0.1, -0.05) is 20.3 Å². The smallest absolute Gasteiger partial charge is 0.245 e. The van der Waals surface area contributed by atoms with Gasteiger partial charge >= 0.3 is 0 Å². The van der Waals surface area contributed by atoms with Gasteiger partial charge in [-0.2, -0.15) is 0 Å². The van der Waals surface area contributed by atoms with Gasteiger partial charge in [-0.25, -0.2) is 0 Å². The summed E-state index contributed by atoms with van der Waals surface area (Å²) in [5.74, 6) is 0.000781. The molecule has 1 aliphatic rings. The van der Waals surface area contributed by atoms with E-state index in [1.54, 1.807) is 24.2 Å². The van der Waals surface area contributed by atoms with Crippen molar-refractivity contribution in [3.05, 3.63) is 28.5 Å². The van der Waals surface area contributed by atoms with E-state index in [0.29, 0.717) is 6.54 Å². The van der Waals surface area contributed by atoms with E-state index < -0.39 is 12.1 Å². The monoisotopic (exact) mass is 353 g/mol. The average Bonchev–Trinajstić information content (AvgIpc) is 2.44. The van der Waals surface area contributed by atoms with Crippen LogP contribution in [0, 0.1) is 5.92 Å². The Bertz CT molecular complexity index is 549. The Morgan fingerprint density at radius 1 is 1.43 bits per heavy atom. The molecule has 0 aromatic carbocycles. The summed E-state index contributed by atoms with van der Waals surface area (Å²) in [6, 6.07) is 1.03. The van der Waals surface area contributed by atoms with Crippen LogP contribution in [-0.4, -0.2) is 33.8 Å². The largest absolute Gasteiger partial charge is 0.343 e. The zero-order chi connectivity index (χ0) is 15.6. The normalized spacial score (nSPS) is 23.9. The van der Waals surface area contributed by atoms with Crippen molar-refractivity contribution < 1.29 is 9.59 Å². The van der Waals surface area contributed by atoms with Crippen molar-refractivity contribution in [2.24, 2.45) is 5.92 Å². The highest BCUT2D eigenvalue weighted by atomic mass is 79.9. The second-order valence-corrected chi connectivity index (χ2v) is 6.45. The first kappa shape index (κ1) is 15.9. The number of carbonyl (C=O) groups is 2. The first-order valence-corrected chi connectivity index (χ1v) is 7.93. The molecule has 1 aromatic heterocycles. The number of pyridine rings is 1. The summed E-state index contributed by atoms with van der Waals surface area (Å²) in [6.07, 6.45) is 4.26. The lowest BCUT2D eigenvalue weighted by molar-refractivity contribution is -0.151. The number of halogens is 1. The molecule has 1 aliphatic heterocycles. The van der Waals surface area contributed by atoms with Gasteiger partial charge in [0.1, 0.15) is 12.1 Å². The lowest BCUT2D eigenvalue weighted by atomic mass is 9.93. The molecule has 0 bridgehead atoms. The minimum Gasteiger partial charge on any atom is -0.343 e. The second kappa shape index (κ2) is 6.56. The molecular formula is C15H20BrN3O2. The molecule has 3 unspecified atom stereocenters. The molecule has 0 spiro atoms. The Hall–Kier alpha value is -1.43. The Labute approximate surface area is 133 Å². The van der Waals surface area contributed by atoms with Gasteiger partial charge in [-0.15, -0.1) is 0 Å². The van der Waals surface area contributed by atoms with Crippen LogP contribution in [0.5, 0.6) is 0 Å². The van der Waals surface area contributed by atoms with Crippen molar-refractivity contribution in [3.63, 3.8) is 0 Å². The van der Waals surface area contributed by atoms with Crippen molar-refractivity contribution >= 4 is 27.7 Å². The third-order valence-electron chi connectivity index (χ3n) is 3.91. The van der Waals surface area contributed by atoms with Gasteiger partial charge in [0, 0.05) is 23.4 Å². The van der Waals surface area contributed by atoms with Crippen LogP contribution in [0.4, 0.5) is 0 Å². The SMILES string of the molecule is CCC(C)C1C(=O)NC(C)C(=O)N1Cc1cncc(Br)c1. The van der Waals surface area contributed by atoms with Gasteiger partial charge in [-0.3, -0.25) is 14.6 Å². The number of rotatable bonds is 4. The molecule has 1 N–H and O–H groups in total. The lowest BCUT2D eigenvalue weighted by Crippen LogP contribution is -2.63. The third-order valence-corrected chi connectivity index (χ3v) is 4.35. The van der Waals surface area contributed by atoms with Crippen LogP contribution in [0.2, 0.25) is 0 Å². The van der Waals surface area contributed by atoms with E-state index in [9.17, 15) is 9.59 Å². The van der Waals surface area contributed by atoms with Crippen molar-refractivity contribution in [3.8, 4) is 0 Å². The molecule has 2 rings (SSSR count). The van der Waals surface area contributed by atoms with Crippen LogP contribution >= 0.6 is 15.9 Å². The summed E-state index contributed by atoms with van der Waals surface area (Å²) in [5.41, 5.74) is 0.910. The first-order valence-electron chi connectivity index (χ1n) is 7.14. The van der Waals surface area contributed by atoms with Gasteiger partial charge in [0.2, 0.25) is 11.8 Å². The van der Waals surface area contributed by atoms with Crippen molar-refractivity contribution in [2.75, 3.05) is 0 Å².